The number of hydrogen-bond donors (Lipinski definition) is 0. The van der Waals surface area contributed by atoms with Crippen LogP contribution in [0.25, 0.3) is 0 Å². The van der Waals surface area contributed by atoms with Crippen molar-refractivity contribution in [2.45, 2.75) is 38.5 Å². The molecule has 0 radical (unpaired) electrons. The van der Waals surface area contributed by atoms with Crippen LogP contribution in [0.5, 0.6) is 0 Å². The Morgan fingerprint density at radius 1 is 0.786 bits per heavy atom. The first-order valence-corrected chi connectivity index (χ1v) is 10.3. The van der Waals surface area contributed by atoms with Crippen molar-refractivity contribution in [3.63, 3.8) is 0 Å². The fourth-order valence-corrected chi connectivity index (χ4v) is 7.91. The summed E-state index contributed by atoms with van der Waals surface area (Å²) in [6.07, 6.45) is 9.11. The van der Waals surface area contributed by atoms with Gasteiger partial charge in [0.15, 0.2) is 0 Å². The van der Waals surface area contributed by atoms with Gasteiger partial charge in [-0.3, -0.25) is 0 Å². The minimum atomic E-state index is -0.544. The summed E-state index contributed by atoms with van der Waals surface area (Å²) >= 11 is 0. The lowest BCUT2D eigenvalue weighted by Gasteiger charge is -2.52. The van der Waals surface area contributed by atoms with Crippen molar-refractivity contribution in [3.05, 3.63) is 45.1 Å². The third kappa shape index (κ3) is 1.46. The molecule has 6 aliphatic carbocycles. The fraction of sp³-hybridized carbons (Fsp3) is 0.500. The van der Waals surface area contributed by atoms with Crippen LogP contribution >= 0.6 is 0 Å². The summed E-state index contributed by atoms with van der Waals surface area (Å²) in [7, 11) is 0. The number of rotatable bonds is 0. The van der Waals surface area contributed by atoms with E-state index >= 15 is 0 Å². The maximum absolute atomic E-state index is 10.2. The molecule has 1 spiro atoms. The zero-order valence-corrected chi connectivity index (χ0v) is 15.5. The van der Waals surface area contributed by atoms with Crippen LogP contribution in [0.3, 0.4) is 0 Å². The monoisotopic (exact) mass is 362 g/mol. The van der Waals surface area contributed by atoms with E-state index in [0.29, 0.717) is 34.8 Å². The van der Waals surface area contributed by atoms with Crippen LogP contribution in [0.2, 0.25) is 0 Å². The third-order valence-electron chi connectivity index (χ3n) is 8.64. The Kier molecular flexibility index (Phi) is 2.87. The Morgan fingerprint density at radius 3 is 2.25 bits per heavy atom. The van der Waals surface area contributed by atoms with Gasteiger partial charge in [-0.05, 0) is 67.8 Å². The minimum absolute atomic E-state index is 0.149. The summed E-state index contributed by atoms with van der Waals surface area (Å²) in [6, 6.07) is 9.01. The first-order valence-electron chi connectivity index (χ1n) is 10.3. The molecule has 0 amide bonds. The summed E-state index contributed by atoms with van der Waals surface area (Å²) < 4.78 is 0. The van der Waals surface area contributed by atoms with Gasteiger partial charge in [-0.25, -0.2) is 0 Å². The van der Waals surface area contributed by atoms with Gasteiger partial charge >= 0.3 is 0 Å². The smallest absolute Gasteiger partial charge is 0.102 e. The van der Waals surface area contributed by atoms with E-state index in [4.69, 9.17) is 0 Å². The van der Waals surface area contributed by atoms with E-state index in [0.717, 1.165) is 32.1 Å². The molecule has 4 nitrogen and oxygen atoms in total. The maximum Gasteiger partial charge on any atom is 0.102 e. The molecule has 28 heavy (non-hydrogen) atoms. The van der Waals surface area contributed by atoms with E-state index in [9.17, 15) is 21.0 Å². The summed E-state index contributed by atoms with van der Waals surface area (Å²) in [4.78, 5) is 0. The number of allylic oxidation sites excluding steroid dienone is 8. The second-order valence-electron chi connectivity index (χ2n) is 9.21. The lowest BCUT2D eigenvalue weighted by atomic mass is 9.48. The molecule has 3 saturated carbocycles. The molecule has 0 unspecified atom stereocenters. The molecule has 0 aromatic heterocycles. The van der Waals surface area contributed by atoms with Crippen molar-refractivity contribution < 1.29 is 0 Å². The summed E-state index contributed by atoms with van der Waals surface area (Å²) in [5, 5.41) is 40.1. The quantitative estimate of drug-likeness (QED) is 0.638. The molecule has 6 aliphatic rings. The van der Waals surface area contributed by atoms with Gasteiger partial charge in [-0.15, -0.1) is 0 Å². The van der Waals surface area contributed by atoms with Crippen LogP contribution in [0.4, 0.5) is 0 Å². The van der Waals surface area contributed by atoms with Crippen molar-refractivity contribution in [1.29, 1.82) is 21.0 Å². The molecule has 0 N–H and O–H groups in total. The third-order valence-corrected chi connectivity index (χ3v) is 8.64. The molecular weight excluding hydrogens is 344 g/mol. The minimum Gasteiger partial charge on any atom is -0.193 e. The average Bonchev–Trinajstić information content (AvgIpc) is 3.50. The van der Waals surface area contributed by atoms with Gasteiger partial charge < -0.3 is 0 Å². The molecule has 4 bridgehead atoms. The van der Waals surface area contributed by atoms with Crippen LogP contribution in [0.15, 0.2) is 45.1 Å². The van der Waals surface area contributed by atoms with E-state index in [1.54, 1.807) is 0 Å². The molecule has 134 valence electrons. The zero-order chi connectivity index (χ0) is 19.2. The first-order chi connectivity index (χ1) is 13.7. The molecule has 0 aromatic carbocycles. The van der Waals surface area contributed by atoms with Gasteiger partial charge in [-0.1, -0.05) is 17.2 Å². The van der Waals surface area contributed by atoms with Crippen molar-refractivity contribution >= 4 is 0 Å². The van der Waals surface area contributed by atoms with Crippen molar-refractivity contribution in [3.8, 4) is 24.3 Å². The molecule has 6 rings (SSSR count). The van der Waals surface area contributed by atoms with Gasteiger partial charge in [-0.2, -0.15) is 21.0 Å². The molecule has 0 saturated heterocycles. The van der Waals surface area contributed by atoms with Crippen molar-refractivity contribution in [2.24, 2.45) is 35.0 Å². The van der Waals surface area contributed by atoms with Gasteiger partial charge in [0.1, 0.15) is 12.1 Å². The van der Waals surface area contributed by atoms with Crippen LogP contribution in [0, 0.1) is 80.3 Å². The Morgan fingerprint density at radius 2 is 1.54 bits per heavy atom. The molecule has 6 atom stereocenters. The Labute approximate surface area is 164 Å². The molecule has 0 heterocycles. The van der Waals surface area contributed by atoms with Gasteiger partial charge in [0.25, 0.3) is 0 Å². The highest BCUT2D eigenvalue weighted by Gasteiger charge is 2.67. The summed E-state index contributed by atoms with van der Waals surface area (Å²) in [6.45, 7) is 0. The lowest BCUT2D eigenvalue weighted by Crippen LogP contribution is -2.46. The first kappa shape index (κ1) is 15.9. The standard InChI is InChI=1S/C24H18N4/c25-8-17-18(9-26)21(11-28)24-15-4-3-13(6-15)20(24)7-16-12-1-2-14(5-12)22(16)23(24)19(17)10-27/h7,12-15,23H,1-6H2/t12-,13+,14+,15-,23-,24-/m0/s1. The Balaban J connectivity index is 1.76. The Bertz CT molecular complexity index is 1150. The number of hydrogen-bond acceptors (Lipinski definition) is 4. The Hall–Kier alpha value is -3.08. The molecule has 3 fully saturated rings. The molecule has 0 aromatic rings. The summed E-state index contributed by atoms with van der Waals surface area (Å²) in [5.74, 6) is 1.59. The highest BCUT2D eigenvalue weighted by atomic mass is 14.7. The zero-order valence-electron chi connectivity index (χ0n) is 15.5. The predicted octanol–water partition coefficient (Wildman–Crippen LogP) is 4.39. The van der Waals surface area contributed by atoms with E-state index in [1.807, 2.05) is 0 Å². The average molecular weight is 362 g/mol. The van der Waals surface area contributed by atoms with Crippen molar-refractivity contribution in [1.82, 2.24) is 0 Å². The highest BCUT2D eigenvalue weighted by molar-refractivity contribution is 5.73. The van der Waals surface area contributed by atoms with E-state index in [1.165, 1.54) is 23.1 Å². The number of nitriles is 4. The van der Waals surface area contributed by atoms with Crippen LogP contribution in [-0.4, -0.2) is 0 Å². The maximum atomic E-state index is 10.2. The number of nitrogens with zero attached hydrogens (tertiary/aromatic N) is 4. The molecular formula is C24H18N4. The van der Waals surface area contributed by atoms with Crippen molar-refractivity contribution in [2.75, 3.05) is 0 Å². The largest absolute Gasteiger partial charge is 0.193 e. The van der Waals surface area contributed by atoms with Crippen LogP contribution in [0.1, 0.15) is 38.5 Å². The predicted molar refractivity (Wildman–Crippen MR) is 99.2 cm³/mol. The lowest BCUT2D eigenvalue weighted by molar-refractivity contribution is 0.212. The topological polar surface area (TPSA) is 95.2 Å². The van der Waals surface area contributed by atoms with Crippen LogP contribution < -0.4 is 0 Å². The van der Waals surface area contributed by atoms with E-state index in [-0.39, 0.29) is 17.1 Å². The SMILES string of the molecule is N#CC1=C(C#N)[C@H]2C3=C(C=C4[C@@H]5CC[C@@H](C5)[C@@]42C(C#N)=C1C#N)[C@H]1CC[C@@H]3C1. The van der Waals surface area contributed by atoms with Crippen LogP contribution in [-0.2, 0) is 0 Å². The molecule has 4 heteroatoms. The normalized spacial score (nSPS) is 41.6. The van der Waals surface area contributed by atoms with Gasteiger partial charge in [0, 0.05) is 11.3 Å². The summed E-state index contributed by atoms with van der Waals surface area (Å²) in [5.41, 5.74) is 4.73. The fourth-order valence-electron chi connectivity index (χ4n) is 7.91. The van der Waals surface area contributed by atoms with Gasteiger partial charge in [0.2, 0.25) is 0 Å². The highest BCUT2D eigenvalue weighted by Crippen LogP contribution is 2.74. The second kappa shape index (κ2) is 5.04. The van der Waals surface area contributed by atoms with Gasteiger partial charge in [0.05, 0.1) is 34.4 Å². The second-order valence-corrected chi connectivity index (χ2v) is 9.21. The van der Waals surface area contributed by atoms with E-state index < -0.39 is 5.41 Å². The number of fused-ring (bicyclic) bond motifs is 8. The van der Waals surface area contributed by atoms with E-state index in [2.05, 4.69) is 30.4 Å². The molecule has 0 aliphatic heterocycles.